The maximum absolute atomic E-state index is 11.7. The molecule has 1 aromatic rings. The first-order valence-corrected chi connectivity index (χ1v) is 7.51. The summed E-state index contributed by atoms with van der Waals surface area (Å²) in [5.41, 5.74) is 5.90. The van der Waals surface area contributed by atoms with E-state index >= 15 is 0 Å². The molecule has 0 amide bonds. The first kappa shape index (κ1) is 13.8. The van der Waals surface area contributed by atoms with E-state index < -0.39 is 9.84 Å². The molecule has 0 saturated carbocycles. The number of nitrogens with one attached hydrogen (secondary N) is 1. The predicted octanol–water partition coefficient (Wildman–Crippen LogP) is 1.27. The minimum absolute atomic E-state index is 0.0897. The average Bonchev–Trinajstić information content (AvgIpc) is 2.57. The van der Waals surface area contributed by atoms with Crippen molar-refractivity contribution in [3.8, 4) is 0 Å². The zero-order valence-corrected chi connectivity index (χ0v) is 11.5. The topological polar surface area (TPSA) is 90.0 Å². The van der Waals surface area contributed by atoms with E-state index in [1.807, 2.05) is 13.8 Å². The zero-order chi connectivity index (χ0) is 13.2. The third-order valence-electron chi connectivity index (χ3n) is 2.80. The van der Waals surface area contributed by atoms with E-state index in [0.29, 0.717) is 5.82 Å². The highest BCUT2D eigenvalue weighted by Gasteiger charge is 2.25. The third kappa shape index (κ3) is 2.54. The van der Waals surface area contributed by atoms with Gasteiger partial charge >= 0.3 is 0 Å². The van der Waals surface area contributed by atoms with Crippen LogP contribution in [-0.2, 0) is 9.84 Å². The van der Waals surface area contributed by atoms with Crippen LogP contribution in [-0.4, -0.2) is 31.5 Å². The monoisotopic (exact) mass is 260 g/mol. The maximum Gasteiger partial charge on any atom is 0.182 e. The molecule has 0 aliphatic rings. The van der Waals surface area contributed by atoms with Crippen LogP contribution < -0.4 is 11.1 Å². The smallest absolute Gasteiger partial charge is 0.182 e. The predicted molar refractivity (Wildman–Crippen MR) is 68.9 cm³/mol. The highest BCUT2D eigenvalue weighted by Crippen LogP contribution is 2.30. The van der Waals surface area contributed by atoms with Crippen LogP contribution in [0.3, 0.4) is 0 Å². The van der Waals surface area contributed by atoms with Gasteiger partial charge in [0.25, 0.3) is 0 Å². The number of anilines is 2. The van der Waals surface area contributed by atoms with Crippen LogP contribution >= 0.6 is 0 Å². The lowest BCUT2D eigenvalue weighted by atomic mass is 10.2. The molecule has 0 atom stereocenters. The molecule has 1 rings (SSSR count). The fraction of sp³-hybridized carbons (Fsp3) is 0.700. The van der Waals surface area contributed by atoms with Gasteiger partial charge in [0.2, 0.25) is 0 Å². The lowest BCUT2D eigenvalue weighted by Crippen LogP contribution is -2.12. The molecular weight excluding hydrogens is 240 g/mol. The number of sulfone groups is 1. The van der Waals surface area contributed by atoms with Crippen LogP contribution in [0, 0.1) is 0 Å². The molecule has 0 aromatic carbocycles. The van der Waals surface area contributed by atoms with E-state index in [9.17, 15) is 8.42 Å². The Balaban J connectivity index is 3.43. The van der Waals surface area contributed by atoms with Crippen LogP contribution in [0.2, 0.25) is 0 Å². The summed E-state index contributed by atoms with van der Waals surface area (Å²) in [7, 11) is -1.74. The molecule has 7 heteroatoms. The SMILES string of the molecule is CCC(CC)n1nc(NC)c(S(C)(=O)=O)c1N. The Bertz CT molecular complexity index is 489. The largest absolute Gasteiger partial charge is 0.383 e. The lowest BCUT2D eigenvalue weighted by molar-refractivity contribution is 0.435. The van der Waals surface area contributed by atoms with Crippen LogP contribution in [0.1, 0.15) is 32.7 Å². The summed E-state index contributed by atoms with van der Waals surface area (Å²) in [6.07, 6.45) is 2.85. The molecule has 1 heterocycles. The molecule has 3 N–H and O–H groups in total. The van der Waals surface area contributed by atoms with Gasteiger partial charge in [0.15, 0.2) is 20.6 Å². The molecule has 0 aliphatic heterocycles. The number of hydrogen-bond acceptors (Lipinski definition) is 5. The number of nitrogen functional groups attached to an aromatic ring is 1. The van der Waals surface area contributed by atoms with Gasteiger partial charge in [0, 0.05) is 13.3 Å². The number of rotatable bonds is 5. The Morgan fingerprint density at radius 3 is 2.24 bits per heavy atom. The second kappa shape index (κ2) is 4.95. The summed E-state index contributed by atoms with van der Waals surface area (Å²) < 4.78 is 24.9. The van der Waals surface area contributed by atoms with Crippen molar-refractivity contribution in [1.29, 1.82) is 0 Å². The highest BCUT2D eigenvalue weighted by atomic mass is 32.2. The Labute approximate surface area is 102 Å². The van der Waals surface area contributed by atoms with Crippen molar-refractivity contribution in [2.45, 2.75) is 37.6 Å². The summed E-state index contributed by atoms with van der Waals surface area (Å²) in [5, 5.41) is 7.01. The summed E-state index contributed by atoms with van der Waals surface area (Å²) >= 11 is 0. The number of nitrogens with two attached hydrogens (primary N) is 1. The average molecular weight is 260 g/mol. The molecule has 0 fully saturated rings. The Morgan fingerprint density at radius 2 is 1.94 bits per heavy atom. The fourth-order valence-corrected chi connectivity index (χ4v) is 2.84. The van der Waals surface area contributed by atoms with Gasteiger partial charge in [-0.25, -0.2) is 13.1 Å². The van der Waals surface area contributed by atoms with Crippen LogP contribution in [0.5, 0.6) is 0 Å². The first-order valence-electron chi connectivity index (χ1n) is 5.62. The quantitative estimate of drug-likeness (QED) is 0.832. The molecule has 98 valence electrons. The molecule has 0 unspecified atom stereocenters. The number of nitrogens with zero attached hydrogens (tertiary/aromatic N) is 2. The van der Waals surface area contributed by atoms with Crippen molar-refractivity contribution in [2.75, 3.05) is 24.4 Å². The van der Waals surface area contributed by atoms with Gasteiger partial charge in [-0.3, -0.25) is 0 Å². The van der Waals surface area contributed by atoms with Crippen molar-refractivity contribution in [2.24, 2.45) is 0 Å². The van der Waals surface area contributed by atoms with E-state index in [1.54, 1.807) is 11.7 Å². The van der Waals surface area contributed by atoms with Crippen LogP contribution in [0.15, 0.2) is 4.90 Å². The van der Waals surface area contributed by atoms with Gasteiger partial charge in [0.05, 0.1) is 6.04 Å². The Kier molecular flexibility index (Phi) is 4.03. The van der Waals surface area contributed by atoms with Crippen LogP contribution in [0.4, 0.5) is 11.6 Å². The second-order valence-corrected chi connectivity index (χ2v) is 5.95. The molecule has 0 aliphatic carbocycles. The number of aromatic nitrogens is 2. The van der Waals surface area contributed by atoms with Crippen molar-refractivity contribution in [3.05, 3.63) is 0 Å². The van der Waals surface area contributed by atoms with Crippen LogP contribution in [0.25, 0.3) is 0 Å². The second-order valence-electron chi connectivity index (χ2n) is 4.00. The van der Waals surface area contributed by atoms with E-state index in [0.717, 1.165) is 19.1 Å². The van der Waals surface area contributed by atoms with Gasteiger partial charge < -0.3 is 11.1 Å². The van der Waals surface area contributed by atoms with Gasteiger partial charge in [-0.15, -0.1) is 0 Å². The molecule has 0 saturated heterocycles. The Morgan fingerprint density at radius 1 is 1.41 bits per heavy atom. The van der Waals surface area contributed by atoms with Gasteiger partial charge in [0.1, 0.15) is 5.82 Å². The summed E-state index contributed by atoms with van der Waals surface area (Å²) in [5.74, 6) is 0.530. The van der Waals surface area contributed by atoms with Crippen molar-refractivity contribution >= 4 is 21.5 Å². The molecule has 17 heavy (non-hydrogen) atoms. The normalized spacial score (nSPS) is 12.1. The van der Waals surface area contributed by atoms with E-state index in [2.05, 4.69) is 10.4 Å². The molecule has 6 nitrogen and oxygen atoms in total. The zero-order valence-electron chi connectivity index (χ0n) is 10.7. The maximum atomic E-state index is 11.7. The van der Waals surface area contributed by atoms with E-state index in [4.69, 9.17) is 5.73 Å². The molecule has 0 spiro atoms. The fourth-order valence-electron chi connectivity index (χ4n) is 1.87. The van der Waals surface area contributed by atoms with E-state index in [1.165, 1.54) is 0 Å². The lowest BCUT2D eigenvalue weighted by Gasteiger charge is -2.14. The Hall–Kier alpha value is -1.24. The molecule has 0 radical (unpaired) electrons. The molecular formula is C10H20N4O2S. The first-order chi connectivity index (χ1) is 7.86. The van der Waals surface area contributed by atoms with Crippen molar-refractivity contribution < 1.29 is 8.42 Å². The summed E-state index contributed by atoms with van der Waals surface area (Å²) in [6, 6.07) is 0.123. The van der Waals surface area contributed by atoms with E-state index in [-0.39, 0.29) is 16.8 Å². The van der Waals surface area contributed by atoms with Gasteiger partial charge in [-0.1, -0.05) is 13.8 Å². The molecule has 1 aromatic heterocycles. The minimum Gasteiger partial charge on any atom is -0.383 e. The highest BCUT2D eigenvalue weighted by molar-refractivity contribution is 7.91. The van der Waals surface area contributed by atoms with Gasteiger partial charge in [-0.05, 0) is 12.8 Å². The summed E-state index contributed by atoms with van der Waals surface area (Å²) in [6.45, 7) is 4.04. The number of hydrogen-bond donors (Lipinski definition) is 2. The minimum atomic E-state index is -3.38. The van der Waals surface area contributed by atoms with Crippen molar-refractivity contribution in [1.82, 2.24) is 9.78 Å². The van der Waals surface area contributed by atoms with Gasteiger partial charge in [-0.2, -0.15) is 5.10 Å². The standard InChI is InChI=1S/C10H20N4O2S/c1-5-7(6-2)14-9(11)8(17(4,15)16)10(12-3)13-14/h7H,5-6,11H2,1-4H3,(H,12,13). The third-order valence-corrected chi connectivity index (χ3v) is 3.94. The van der Waals surface area contributed by atoms with Crippen molar-refractivity contribution in [3.63, 3.8) is 0 Å². The summed E-state index contributed by atoms with van der Waals surface area (Å²) in [4.78, 5) is 0.0897. The molecule has 0 bridgehead atoms.